The van der Waals surface area contributed by atoms with E-state index in [-0.39, 0.29) is 12.0 Å². The van der Waals surface area contributed by atoms with Gasteiger partial charge in [0, 0.05) is 11.9 Å². The van der Waals surface area contributed by atoms with Crippen LogP contribution in [0.4, 0.5) is 5.69 Å². The SMILES string of the molecule is Cc1cc(Cl)c(C(=O)Nc2ccc(CC(=O)O)nc2)cn1. The molecule has 2 N–H and O–H groups in total. The number of aliphatic carboxylic acids is 1. The summed E-state index contributed by atoms with van der Waals surface area (Å²) in [4.78, 5) is 30.6. The molecule has 0 saturated heterocycles. The average Bonchev–Trinajstić information content (AvgIpc) is 2.40. The molecule has 0 aliphatic rings. The number of hydrogen-bond acceptors (Lipinski definition) is 4. The average molecular weight is 306 g/mol. The van der Waals surface area contributed by atoms with E-state index in [9.17, 15) is 9.59 Å². The lowest BCUT2D eigenvalue weighted by atomic mass is 10.2. The summed E-state index contributed by atoms with van der Waals surface area (Å²) in [5.41, 5.74) is 1.84. The molecule has 21 heavy (non-hydrogen) atoms. The molecule has 0 bridgehead atoms. The van der Waals surface area contributed by atoms with Gasteiger partial charge in [-0.1, -0.05) is 11.6 Å². The lowest BCUT2D eigenvalue weighted by Crippen LogP contribution is -2.13. The number of nitrogens with one attached hydrogen (secondary N) is 1. The molecule has 0 atom stereocenters. The monoisotopic (exact) mass is 305 g/mol. The Balaban J connectivity index is 2.10. The highest BCUT2D eigenvalue weighted by Crippen LogP contribution is 2.17. The summed E-state index contributed by atoms with van der Waals surface area (Å²) in [5, 5.41) is 11.6. The topological polar surface area (TPSA) is 92.2 Å². The normalized spacial score (nSPS) is 10.2. The van der Waals surface area contributed by atoms with Gasteiger partial charge in [0.2, 0.25) is 0 Å². The van der Waals surface area contributed by atoms with E-state index in [2.05, 4.69) is 15.3 Å². The van der Waals surface area contributed by atoms with E-state index in [1.165, 1.54) is 12.4 Å². The minimum Gasteiger partial charge on any atom is -0.481 e. The van der Waals surface area contributed by atoms with E-state index in [0.717, 1.165) is 5.69 Å². The van der Waals surface area contributed by atoms with Gasteiger partial charge < -0.3 is 10.4 Å². The van der Waals surface area contributed by atoms with Crippen molar-refractivity contribution < 1.29 is 14.7 Å². The third kappa shape index (κ3) is 4.00. The number of carboxylic acid groups (broad SMARTS) is 1. The summed E-state index contributed by atoms with van der Waals surface area (Å²) < 4.78 is 0. The summed E-state index contributed by atoms with van der Waals surface area (Å²) in [5.74, 6) is -1.36. The van der Waals surface area contributed by atoms with E-state index < -0.39 is 11.9 Å². The van der Waals surface area contributed by atoms with Gasteiger partial charge in [0.1, 0.15) is 0 Å². The summed E-state index contributed by atoms with van der Waals surface area (Å²) in [6.45, 7) is 1.78. The number of anilines is 1. The predicted molar refractivity (Wildman–Crippen MR) is 77.5 cm³/mol. The summed E-state index contributed by atoms with van der Waals surface area (Å²) in [7, 11) is 0. The highest BCUT2D eigenvalue weighted by atomic mass is 35.5. The predicted octanol–water partition coefficient (Wildman–Crippen LogP) is 2.32. The molecule has 0 fully saturated rings. The number of nitrogens with zero attached hydrogens (tertiary/aromatic N) is 2. The zero-order valence-corrected chi connectivity index (χ0v) is 11.9. The molecule has 0 spiro atoms. The van der Waals surface area contributed by atoms with Gasteiger partial charge in [-0.15, -0.1) is 0 Å². The second-order valence-electron chi connectivity index (χ2n) is 4.37. The lowest BCUT2D eigenvalue weighted by Gasteiger charge is -2.07. The second-order valence-corrected chi connectivity index (χ2v) is 4.78. The number of rotatable bonds is 4. The van der Waals surface area contributed by atoms with Crippen molar-refractivity contribution >= 4 is 29.2 Å². The fourth-order valence-electron chi connectivity index (χ4n) is 1.65. The Morgan fingerprint density at radius 1 is 1.29 bits per heavy atom. The summed E-state index contributed by atoms with van der Waals surface area (Å²) in [6, 6.07) is 4.72. The van der Waals surface area contributed by atoms with Gasteiger partial charge in [-0.05, 0) is 25.1 Å². The van der Waals surface area contributed by atoms with Crippen LogP contribution in [0.15, 0.2) is 30.6 Å². The van der Waals surface area contributed by atoms with Crippen molar-refractivity contribution in [3.05, 3.63) is 52.6 Å². The van der Waals surface area contributed by atoms with E-state index in [0.29, 0.717) is 16.4 Å². The maximum Gasteiger partial charge on any atom is 0.309 e. The fourth-order valence-corrected chi connectivity index (χ4v) is 1.94. The van der Waals surface area contributed by atoms with Crippen LogP contribution < -0.4 is 5.32 Å². The Labute approximate surface area is 125 Å². The zero-order valence-electron chi connectivity index (χ0n) is 11.1. The summed E-state index contributed by atoms with van der Waals surface area (Å²) in [6.07, 6.45) is 2.63. The number of carbonyl (C=O) groups is 2. The highest BCUT2D eigenvalue weighted by Gasteiger charge is 2.12. The van der Waals surface area contributed by atoms with Crippen molar-refractivity contribution in [3.63, 3.8) is 0 Å². The van der Waals surface area contributed by atoms with Crippen molar-refractivity contribution in [3.8, 4) is 0 Å². The Kier molecular flexibility index (Phi) is 4.49. The fraction of sp³-hybridized carbons (Fsp3) is 0.143. The van der Waals surface area contributed by atoms with Crippen LogP contribution in [0.5, 0.6) is 0 Å². The van der Waals surface area contributed by atoms with Crippen molar-refractivity contribution in [1.29, 1.82) is 0 Å². The highest BCUT2D eigenvalue weighted by molar-refractivity contribution is 6.34. The van der Waals surface area contributed by atoms with E-state index in [1.807, 2.05) is 0 Å². The largest absolute Gasteiger partial charge is 0.481 e. The first-order valence-electron chi connectivity index (χ1n) is 6.06. The number of pyridine rings is 2. The molecule has 0 radical (unpaired) electrons. The molecule has 2 aromatic heterocycles. The van der Waals surface area contributed by atoms with Crippen molar-refractivity contribution in [1.82, 2.24) is 9.97 Å². The molecule has 0 unspecified atom stereocenters. The van der Waals surface area contributed by atoms with Gasteiger partial charge in [-0.25, -0.2) is 0 Å². The molecule has 7 heteroatoms. The van der Waals surface area contributed by atoms with Gasteiger partial charge >= 0.3 is 5.97 Å². The molecule has 108 valence electrons. The molecule has 6 nitrogen and oxygen atoms in total. The summed E-state index contributed by atoms with van der Waals surface area (Å²) >= 11 is 5.99. The van der Waals surface area contributed by atoms with Crippen LogP contribution in [0, 0.1) is 6.92 Å². The molecule has 0 aliphatic heterocycles. The van der Waals surface area contributed by atoms with Crippen molar-refractivity contribution in [2.24, 2.45) is 0 Å². The third-order valence-corrected chi connectivity index (χ3v) is 2.96. The Bertz CT molecular complexity index is 686. The second kappa shape index (κ2) is 6.32. The van der Waals surface area contributed by atoms with Crippen LogP contribution in [0.3, 0.4) is 0 Å². The van der Waals surface area contributed by atoms with Gasteiger partial charge in [-0.2, -0.15) is 0 Å². The van der Waals surface area contributed by atoms with Crippen molar-refractivity contribution in [2.75, 3.05) is 5.32 Å². The quantitative estimate of drug-likeness (QED) is 0.904. The number of hydrogen-bond donors (Lipinski definition) is 2. The maximum absolute atomic E-state index is 12.1. The number of aryl methyl sites for hydroxylation is 1. The number of halogens is 1. The van der Waals surface area contributed by atoms with Crippen LogP contribution in [-0.4, -0.2) is 27.0 Å². The van der Waals surface area contributed by atoms with E-state index in [4.69, 9.17) is 16.7 Å². The third-order valence-electron chi connectivity index (χ3n) is 2.65. The first-order chi connectivity index (χ1) is 9.95. The molecule has 2 heterocycles. The molecule has 0 aliphatic carbocycles. The maximum atomic E-state index is 12.1. The number of aromatic nitrogens is 2. The Morgan fingerprint density at radius 3 is 2.62 bits per heavy atom. The van der Waals surface area contributed by atoms with Crippen LogP contribution >= 0.6 is 11.6 Å². The van der Waals surface area contributed by atoms with Crippen LogP contribution in [0.1, 0.15) is 21.7 Å². The first kappa shape index (κ1) is 14.9. The molecule has 1 amide bonds. The smallest absolute Gasteiger partial charge is 0.309 e. The van der Waals surface area contributed by atoms with E-state index in [1.54, 1.807) is 25.1 Å². The number of amides is 1. The van der Waals surface area contributed by atoms with Gasteiger partial charge in [0.15, 0.2) is 0 Å². The number of carboxylic acids is 1. The van der Waals surface area contributed by atoms with Gasteiger partial charge in [0.25, 0.3) is 5.91 Å². The standard InChI is InChI=1S/C14H12ClN3O3/c1-8-4-12(15)11(7-16-8)14(21)18-10-3-2-9(17-6-10)5-13(19)20/h2-4,6-7H,5H2,1H3,(H,18,21)(H,19,20). The first-order valence-corrected chi connectivity index (χ1v) is 6.43. The molecule has 0 saturated carbocycles. The number of carbonyl (C=O) groups excluding carboxylic acids is 1. The van der Waals surface area contributed by atoms with Crippen LogP contribution in [0.25, 0.3) is 0 Å². The minimum atomic E-state index is -0.961. The minimum absolute atomic E-state index is 0.165. The van der Waals surface area contributed by atoms with E-state index >= 15 is 0 Å². The lowest BCUT2D eigenvalue weighted by molar-refractivity contribution is -0.136. The molecule has 2 aromatic rings. The van der Waals surface area contributed by atoms with Gasteiger partial charge in [-0.3, -0.25) is 19.6 Å². The van der Waals surface area contributed by atoms with Crippen LogP contribution in [0.2, 0.25) is 5.02 Å². The Hall–Kier alpha value is -2.47. The van der Waals surface area contributed by atoms with Gasteiger partial charge in [0.05, 0.1) is 34.6 Å². The zero-order chi connectivity index (χ0) is 15.4. The molecular weight excluding hydrogens is 294 g/mol. The molecular formula is C14H12ClN3O3. The molecule has 0 aromatic carbocycles. The van der Waals surface area contributed by atoms with Crippen LogP contribution in [-0.2, 0) is 11.2 Å². The van der Waals surface area contributed by atoms with Crippen molar-refractivity contribution in [2.45, 2.75) is 13.3 Å². The Morgan fingerprint density at radius 2 is 2.05 bits per heavy atom. The molecule has 2 rings (SSSR count).